The molecule has 1 aliphatic rings. The van der Waals surface area contributed by atoms with Crippen LogP contribution < -0.4 is 10.1 Å². The Morgan fingerprint density at radius 1 is 1.47 bits per heavy atom. The van der Waals surface area contributed by atoms with Gasteiger partial charge in [-0.3, -0.25) is 0 Å². The minimum atomic E-state index is -0.391. The molecule has 4 heteroatoms. The maximum atomic E-state index is 9.58. The third kappa shape index (κ3) is 3.93. The van der Waals surface area contributed by atoms with Crippen molar-refractivity contribution in [3.05, 3.63) is 29.3 Å². The highest BCUT2D eigenvalue weighted by Gasteiger charge is 2.14. The van der Waals surface area contributed by atoms with Crippen LogP contribution >= 0.6 is 0 Å². The van der Waals surface area contributed by atoms with E-state index < -0.39 is 6.10 Å². The van der Waals surface area contributed by atoms with E-state index in [1.54, 1.807) is 7.11 Å². The Morgan fingerprint density at radius 2 is 2.32 bits per heavy atom. The van der Waals surface area contributed by atoms with Gasteiger partial charge < -0.3 is 19.9 Å². The van der Waals surface area contributed by atoms with Crippen LogP contribution in [-0.4, -0.2) is 38.1 Å². The maximum absolute atomic E-state index is 9.58. The molecule has 1 aromatic rings. The van der Waals surface area contributed by atoms with E-state index >= 15 is 0 Å². The minimum Gasteiger partial charge on any atom is -0.493 e. The van der Waals surface area contributed by atoms with Gasteiger partial charge in [0.25, 0.3) is 0 Å². The molecular formula is C15H23NO3. The lowest BCUT2D eigenvalue weighted by molar-refractivity contribution is 0.0590. The Balaban J connectivity index is 1.81. The Bertz CT molecular complexity index is 408. The summed E-state index contributed by atoms with van der Waals surface area (Å²) in [5.41, 5.74) is 2.57. The van der Waals surface area contributed by atoms with Gasteiger partial charge >= 0.3 is 0 Å². The standard InChI is InChI=1S/C15H23NO3/c1-11(16-7-5-14(17)10-18-2)12-3-4-15-13(9-12)6-8-19-15/h3-4,9,11,14,16-17H,5-8,10H2,1-2H3. The van der Waals surface area contributed by atoms with Crippen molar-refractivity contribution in [3.63, 3.8) is 0 Å². The number of hydrogen-bond donors (Lipinski definition) is 2. The second-order valence-electron chi connectivity index (χ2n) is 5.04. The zero-order chi connectivity index (χ0) is 13.7. The monoisotopic (exact) mass is 265 g/mol. The van der Waals surface area contributed by atoms with Gasteiger partial charge in [-0.25, -0.2) is 0 Å². The molecule has 19 heavy (non-hydrogen) atoms. The smallest absolute Gasteiger partial charge is 0.122 e. The molecule has 0 aliphatic carbocycles. The molecule has 1 aliphatic heterocycles. The Kier molecular flexibility index (Phi) is 5.19. The molecule has 1 heterocycles. The second-order valence-corrected chi connectivity index (χ2v) is 5.04. The Labute approximate surface area is 114 Å². The molecule has 0 aromatic heterocycles. The summed E-state index contributed by atoms with van der Waals surface area (Å²) in [6, 6.07) is 6.65. The van der Waals surface area contributed by atoms with Gasteiger partial charge in [-0.05, 0) is 37.1 Å². The molecule has 2 atom stereocenters. The number of benzene rings is 1. The fourth-order valence-corrected chi connectivity index (χ4v) is 2.34. The van der Waals surface area contributed by atoms with Crippen molar-refractivity contribution >= 4 is 0 Å². The van der Waals surface area contributed by atoms with Crippen molar-refractivity contribution in [1.82, 2.24) is 5.32 Å². The molecule has 0 spiro atoms. The van der Waals surface area contributed by atoms with Crippen molar-refractivity contribution in [1.29, 1.82) is 0 Å². The van der Waals surface area contributed by atoms with Gasteiger partial charge in [-0.1, -0.05) is 12.1 Å². The molecule has 0 amide bonds. The summed E-state index contributed by atoms with van der Waals surface area (Å²) in [7, 11) is 1.60. The van der Waals surface area contributed by atoms with Crippen molar-refractivity contribution in [2.75, 3.05) is 26.9 Å². The van der Waals surface area contributed by atoms with Crippen molar-refractivity contribution in [2.24, 2.45) is 0 Å². The van der Waals surface area contributed by atoms with Crippen LogP contribution in [0.3, 0.4) is 0 Å². The van der Waals surface area contributed by atoms with E-state index in [-0.39, 0.29) is 6.04 Å². The summed E-state index contributed by atoms with van der Waals surface area (Å²) in [5, 5.41) is 13.0. The highest BCUT2D eigenvalue weighted by molar-refractivity contribution is 5.40. The predicted molar refractivity (Wildman–Crippen MR) is 74.6 cm³/mol. The van der Waals surface area contributed by atoms with Crippen LogP contribution in [0.25, 0.3) is 0 Å². The lowest BCUT2D eigenvalue weighted by Gasteiger charge is -2.16. The van der Waals surface area contributed by atoms with E-state index in [0.29, 0.717) is 13.0 Å². The molecule has 2 N–H and O–H groups in total. The fourth-order valence-electron chi connectivity index (χ4n) is 2.34. The first-order valence-electron chi connectivity index (χ1n) is 6.86. The summed E-state index contributed by atoms with van der Waals surface area (Å²) in [6.07, 6.45) is 1.31. The van der Waals surface area contributed by atoms with Crippen molar-refractivity contribution < 1.29 is 14.6 Å². The van der Waals surface area contributed by atoms with Crippen LogP contribution in [0.2, 0.25) is 0 Å². The molecule has 2 unspecified atom stereocenters. The molecule has 0 saturated carbocycles. The lowest BCUT2D eigenvalue weighted by Crippen LogP contribution is -2.25. The largest absolute Gasteiger partial charge is 0.493 e. The van der Waals surface area contributed by atoms with Crippen LogP contribution in [0.4, 0.5) is 0 Å². The van der Waals surface area contributed by atoms with Gasteiger partial charge in [0.2, 0.25) is 0 Å². The van der Waals surface area contributed by atoms with Crippen LogP contribution in [0.1, 0.15) is 30.5 Å². The number of ether oxygens (including phenoxy) is 2. The van der Waals surface area contributed by atoms with Crippen LogP contribution in [0.5, 0.6) is 5.75 Å². The zero-order valence-corrected chi connectivity index (χ0v) is 11.7. The molecule has 0 saturated heterocycles. The van der Waals surface area contributed by atoms with E-state index in [1.165, 1.54) is 11.1 Å². The number of methoxy groups -OCH3 is 1. The number of hydrogen-bond acceptors (Lipinski definition) is 4. The SMILES string of the molecule is COCC(O)CCNC(C)c1ccc2c(c1)CCO2. The summed E-state index contributed by atoms with van der Waals surface area (Å²) in [5.74, 6) is 1.02. The molecular weight excluding hydrogens is 242 g/mol. The third-order valence-electron chi connectivity index (χ3n) is 3.50. The molecule has 1 aromatic carbocycles. The summed E-state index contributed by atoms with van der Waals surface area (Å²) < 4.78 is 10.4. The molecule has 4 nitrogen and oxygen atoms in total. The van der Waals surface area contributed by atoms with Gasteiger partial charge in [0.15, 0.2) is 0 Å². The highest BCUT2D eigenvalue weighted by Crippen LogP contribution is 2.27. The summed E-state index contributed by atoms with van der Waals surface area (Å²) in [4.78, 5) is 0. The lowest BCUT2D eigenvalue weighted by atomic mass is 10.0. The average molecular weight is 265 g/mol. The van der Waals surface area contributed by atoms with E-state index in [1.807, 2.05) is 0 Å². The summed E-state index contributed by atoms with van der Waals surface area (Å²) in [6.45, 7) is 4.11. The number of nitrogens with one attached hydrogen (secondary N) is 1. The first-order chi connectivity index (χ1) is 9.20. The van der Waals surface area contributed by atoms with E-state index in [0.717, 1.165) is 25.3 Å². The van der Waals surface area contributed by atoms with Gasteiger partial charge in [-0.15, -0.1) is 0 Å². The molecule has 0 fully saturated rings. The van der Waals surface area contributed by atoms with Crippen molar-refractivity contribution in [2.45, 2.75) is 31.9 Å². The Hall–Kier alpha value is -1.10. The number of aliphatic hydroxyl groups excluding tert-OH is 1. The summed E-state index contributed by atoms with van der Waals surface area (Å²) >= 11 is 0. The first kappa shape index (κ1) is 14.3. The van der Waals surface area contributed by atoms with Crippen LogP contribution in [0.15, 0.2) is 18.2 Å². The van der Waals surface area contributed by atoms with Crippen molar-refractivity contribution in [3.8, 4) is 5.75 Å². The van der Waals surface area contributed by atoms with Gasteiger partial charge in [-0.2, -0.15) is 0 Å². The van der Waals surface area contributed by atoms with E-state index in [2.05, 4.69) is 30.4 Å². The molecule has 106 valence electrons. The third-order valence-corrected chi connectivity index (χ3v) is 3.50. The zero-order valence-electron chi connectivity index (χ0n) is 11.7. The predicted octanol–water partition coefficient (Wildman–Crippen LogP) is 1.67. The second kappa shape index (κ2) is 6.89. The van der Waals surface area contributed by atoms with Gasteiger partial charge in [0.05, 0.1) is 19.3 Å². The Morgan fingerprint density at radius 3 is 3.11 bits per heavy atom. The fraction of sp³-hybridized carbons (Fsp3) is 0.600. The first-order valence-corrected chi connectivity index (χ1v) is 6.86. The minimum absolute atomic E-state index is 0.278. The quantitative estimate of drug-likeness (QED) is 0.787. The van der Waals surface area contributed by atoms with E-state index in [9.17, 15) is 5.11 Å². The highest BCUT2D eigenvalue weighted by atomic mass is 16.5. The van der Waals surface area contributed by atoms with Crippen LogP contribution in [0, 0.1) is 0 Å². The molecule has 0 radical (unpaired) electrons. The maximum Gasteiger partial charge on any atom is 0.122 e. The normalized spacial score (nSPS) is 16.8. The van der Waals surface area contributed by atoms with Gasteiger partial charge in [0.1, 0.15) is 5.75 Å². The number of fused-ring (bicyclic) bond motifs is 1. The topological polar surface area (TPSA) is 50.7 Å². The molecule has 0 bridgehead atoms. The number of aliphatic hydroxyl groups is 1. The average Bonchev–Trinajstić information content (AvgIpc) is 2.86. The van der Waals surface area contributed by atoms with Crippen LogP contribution in [-0.2, 0) is 11.2 Å². The molecule has 2 rings (SSSR count). The number of rotatable bonds is 7. The van der Waals surface area contributed by atoms with Gasteiger partial charge in [0, 0.05) is 19.6 Å². The van der Waals surface area contributed by atoms with E-state index in [4.69, 9.17) is 9.47 Å².